The summed E-state index contributed by atoms with van der Waals surface area (Å²) in [6.07, 6.45) is 1.91. The monoisotopic (exact) mass is 210 g/mol. The highest BCUT2D eigenvalue weighted by molar-refractivity contribution is 5.37. The maximum absolute atomic E-state index is 5.66. The number of rotatable bonds is 6. The topological polar surface area (TPSA) is 57.4 Å². The van der Waals surface area contributed by atoms with Crippen molar-refractivity contribution < 1.29 is 9.47 Å². The smallest absolute Gasteiger partial charge is 0.128 e. The molecule has 0 spiro atoms. The fourth-order valence-corrected chi connectivity index (χ4v) is 1.10. The molecule has 0 radical (unpaired) electrons. The van der Waals surface area contributed by atoms with E-state index in [9.17, 15) is 0 Å². The highest BCUT2D eigenvalue weighted by Crippen LogP contribution is 2.07. The highest BCUT2D eigenvalue weighted by atomic mass is 16.5. The Morgan fingerprint density at radius 3 is 2.87 bits per heavy atom. The van der Waals surface area contributed by atoms with Crippen molar-refractivity contribution in [2.24, 2.45) is 0 Å². The summed E-state index contributed by atoms with van der Waals surface area (Å²) >= 11 is 0. The maximum Gasteiger partial charge on any atom is 0.128 e. The first kappa shape index (κ1) is 11.9. The Morgan fingerprint density at radius 2 is 2.20 bits per heavy atom. The van der Waals surface area contributed by atoms with Gasteiger partial charge in [0.05, 0.1) is 25.9 Å². The molecule has 1 aromatic heterocycles. The van der Waals surface area contributed by atoms with Gasteiger partial charge in [-0.05, 0) is 19.9 Å². The Hall–Kier alpha value is -1.13. The molecule has 0 bridgehead atoms. The molecule has 1 heterocycles. The van der Waals surface area contributed by atoms with Crippen LogP contribution in [0.3, 0.4) is 0 Å². The number of hydrogen-bond acceptors (Lipinski definition) is 4. The van der Waals surface area contributed by atoms with E-state index in [0.717, 1.165) is 5.56 Å². The van der Waals surface area contributed by atoms with E-state index < -0.39 is 0 Å². The van der Waals surface area contributed by atoms with E-state index in [1.54, 1.807) is 6.20 Å². The van der Waals surface area contributed by atoms with Crippen LogP contribution >= 0.6 is 0 Å². The summed E-state index contributed by atoms with van der Waals surface area (Å²) in [5.41, 5.74) is 6.58. The van der Waals surface area contributed by atoms with Gasteiger partial charge < -0.3 is 15.2 Å². The Morgan fingerprint density at radius 1 is 1.40 bits per heavy atom. The van der Waals surface area contributed by atoms with Gasteiger partial charge in [0.25, 0.3) is 0 Å². The molecule has 0 unspecified atom stereocenters. The molecule has 0 saturated heterocycles. The molecule has 2 N–H and O–H groups in total. The van der Waals surface area contributed by atoms with E-state index in [0.29, 0.717) is 25.6 Å². The van der Waals surface area contributed by atoms with Gasteiger partial charge in [-0.3, -0.25) is 0 Å². The highest BCUT2D eigenvalue weighted by Gasteiger charge is 1.99. The zero-order chi connectivity index (χ0) is 11.1. The minimum atomic E-state index is 0.247. The van der Waals surface area contributed by atoms with Gasteiger partial charge in [0.1, 0.15) is 5.82 Å². The minimum Gasteiger partial charge on any atom is -0.383 e. The summed E-state index contributed by atoms with van der Waals surface area (Å²) < 4.78 is 10.7. The van der Waals surface area contributed by atoms with Crippen molar-refractivity contribution in [3.8, 4) is 0 Å². The summed E-state index contributed by atoms with van der Waals surface area (Å²) in [7, 11) is 0. The second-order valence-corrected chi connectivity index (χ2v) is 3.52. The van der Waals surface area contributed by atoms with Crippen LogP contribution in [0.1, 0.15) is 19.4 Å². The molecule has 0 fully saturated rings. The zero-order valence-corrected chi connectivity index (χ0v) is 9.27. The Labute approximate surface area is 90.4 Å². The summed E-state index contributed by atoms with van der Waals surface area (Å²) in [6.45, 7) is 5.67. The van der Waals surface area contributed by atoms with Crippen molar-refractivity contribution in [2.75, 3.05) is 18.9 Å². The first-order valence-electron chi connectivity index (χ1n) is 5.09. The van der Waals surface area contributed by atoms with Gasteiger partial charge >= 0.3 is 0 Å². The standard InChI is InChI=1S/C11H18N2O2/c1-9(2)15-7-6-14-8-10-4-3-5-13-11(10)12/h3-5,9H,6-8H2,1-2H3,(H2,12,13). The third kappa shape index (κ3) is 4.76. The summed E-state index contributed by atoms with van der Waals surface area (Å²) in [5, 5.41) is 0. The van der Waals surface area contributed by atoms with Crippen molar-refractivity contribution in [2.45, 2.75) is 26.6 Å². The van der Waals surface area contributed by atoms with Crippen LogP contribution in [0.25, 0.3) is 0 Å². The largest absolute Gasteiger partial charge is 0.383 e. The van der Waals surface area contributed by atoms with Gasteiger partial charge in [-0.15, -0.1) is 0 Å². The number of pyridine rings is 1. The predicted octanol–water partition coefficient (Wildman–Crippen LogP) is 1.61. The lowest BCUT2D eigenvalue weighted by Gasteiger charge is -2.08. The van der Waals surface area contributed by atoms with E-state index in [-0.39, 0.29) is 6.10 Å². The van der Waals surface area contributed by atoms with Crippen LogP contribution in [0.5, 0.6) is 0 Å². The number of ether oxygens (including phenoxy) is 2. The third-order valence-corrected chi connectivity index (χ3v) is 1.86. The van der Waals surface area contributed by atoms with Crippen LogP contribution < -0.4 is 5.73 Å². The first-order valence-corrected chi connectivity index (χ1v) is 5.09. The summed E-state index contributed by atoms with van der Waals surface area (Å²) in [4.78, 5) is 3.97. The van der Waals surface area contributed by atoms with E-state index in [4.69, 9.17) is 15.2 Å². The molecule has 0 aliphatic carbocycles. The lowest BCUT2D eigenvalue weighted by molar-refractivity contribution is 0.0144. The normalized spacial score (nSPS) is 10.9. The molecule has 4 nitrogen and oxygen atoms in total. The molecule has 84 valence electrons. The summed E-state index contributed by atoms with van der Waals surface area (Å²) in [6, 6.07) is 3.76. The second-order valence-electron chi connectivity index (χ2n) is 3.52. The van der Waals surface area contributed by atoms with E-state index in [2.05, 4.69) is 4.98 Å². The van der Waals surface area contributed by atoms with Gasteiger partial charge in [-0.25, -0.2) is 4.98 Å². The van der Waals surface area contributed by atoms with E-state index >= 15 is 0 Å². The lowest BCUT2D eigenvalue weighted by atomic mass is 10.3. The average Bonchev–Trinajstić information content (AvgIpc) is 2.20. The number of aromatic nitrogens is 1. The Kier molecular flexibility index (Phi) is 5.07. The fourth-order valence-electron chi connectivity index (χ4n) is 1.10. The molecule has 0 aliphatic rings. The van der Waals surface area contributed by atoms with Gasteiger partial charge in [0.2, 0.25) is 0 Å². The van der Waals surface area contributed by atoms with Crippen molar-refractivity contribution in [3.05, 3.63) is 23.9 Å². The van der Waals surface area contributed by atoms with Crippen molar-refractivity contribution in [1.29, 1.82) is 0 Å². The van der Waals surface area contributed by atoms with Gasteiger partial charge in [0, 0.05) is 11.8 Å². The van der Waals surface area contributed by atoms with Crippen LogP contribution in [0.4, 0.5) is 5.82 Å². The predicted molar refractivity (Wildman–Crippen MR) is 59.4 cm³/mol. The molecule has 0 atom stereocenters. The maximum atomic E-state index is 5.66. The summed E-state index contributed by atoms with van der Waals surface area (Å²) in [5.74, 6) is 0.530. The molecule has 0 saturated carbocycles. The van der Waals surface area contributed by atoms with Gasteiger partial charge in [-0.1, -0.05) is 6.07 Å². The molecule has 0 aromatic carbocycles. The number of nitrogens with two attached hydrogens (primary N) is 1. The Bertz CT molecular complexity index is 290. The molecule has 0 amide bonds. The van der Waals surface area contributed by atoms with E-state index in [1.165, 1.54) is 0 Å². The van der Waals surface area contributed by atoms with Crippen LogP contribution in [0.15, 0.2) is 18.3 Å². The molecular weight excluding hydrogens is 192 g/mol. The van der Waals surface area contributed by atoms with Crippen LogP contribution in [0, 0.1) is 0 Å². The minimum absolute atomic E-state index is 0.247. The molecule has 15 heavy (non-hydrogen) atoms. The SMILES string of the molecule is CC(C)OCCOCc1cccnc1N. The Balaban J connectivity index is 2.18. The molecule has 4 heteroatoms. The van der Waals surface area contributed by atoms with E-state index in [1.807, 2.05) is 26.0 Å². The third-order valence-electron chi connectivity index (χ3n) is 1.86. The molecule has 1 aromatic rings. The van der Waals surface area contributed by atoms with Crippen LogP contribution in [-0.4, -0.2) is 24.3 Å². The van der Waals surface area contributed by atoms with Crippen molar-refractivity contribution in [1.82, 2.24) is 4.98 Å². The number of hydrogen-bond donors (Lipinski definition) is 1. The number of nitrogen functional groups attached to an aromatic ring is 1. The van der Waals surface area contributed by atoms with Gasteiger partial charge in [0.15, 0.2) is 0 Å². The molecular formula is C11H18N2O2. The lowest BCUT2D eigenvalue weighted by Crippen LogP contribution is -2.10. The first-order chi connectivity index (χ1) is 7.20. The second kappa shape index (κ2) is 6.37. The van der Waals surface area contributed by atoms with Crippen molar-refractivity contribution in [3.63, 3.8) is 0 Å². The fraction of sp³-hybridized carbons (Fsp3) is 0.545. The zero-order valence-electron chi connectivity index (χ0n) is 9.27. The quantitative estimate of drug-likeness (QED) is 0.725. The molecule has 1 rings (SSSR count). The van der Waals surface area contributed by atoms with Crippen LogP contribution in [-0.2, 0) is 16.1 Å². The average molecular weight is 210 g/mol. The number of nitrogens with zero attached hydrogens (tertiary/aromatic N) is 1. The van der Waals surface area contributed by atoms with Crippen molar-refractivity contribution >= 4 is 5.82 Å². The number of anilines is 1. The van der Waals surface area contributed by atoms with Gasteiger partial charge in [-0.2, -0.15) is 0 Å². The van der Waals surface area contributed by atoms with Crippen LogP contribution in [0.2, 0.25) is 0 Å². The molecule has 0 aliphatic heterocycles.